The van der Waals surface area contributed by atoms with Crippen LogP contribution >= 0.6 is 0 Å². The van der Waals surface area contributed by atoms with E-state index in [0.717, 1.165) is 29.9 Å². The van der Waals surface area contributed by atoms with Crippen molar-refractivity contribution in [1.82, 2.24) is 25.0 Å². The molecule has 190 valence electrons. The fourth-order valence-corrected chi connectivity index (χ4v) is 4.18. The van der Waals surface area contributed by atoms with Crippen LogP contribution in [0.1, 0.15) is 6.42 Å². The van der Waals surface area contributed by atoms with Gasteiger partial charge in [-0.25, -0.2) is 4.98 Å². The number of carbonyl (C=O) groups excluding carboxylic acids is 1. The Morgan fingerprint density at radius 1 is 1.08 bits per heavy atom. The first-order valence-corrected chi connectivity index (χ1v) is 12.3. The largest absolute Gasteiger partial charge is 0.457 e. The predicted molar refractivity (Wildman–Crippen MR) is 143 cm³/mol. The van der Waals surface area contributed by atoms with Gasteiger partial charge in [0.25, 0.3) is 0 Å². The highest BCUT2D eigenvalue weighted by molar-refractivity contribution is 5.93. The van der Waals surface area contributed by atoms with Crippen LogP contribution in [0.3, 0.4) is 0 Å². The van der Waals surface area contributed by atoms with Crippen LogP contribution in [0.2, 0.25) is 0 Å². The standard InChI is InChI=1S/C28H30N6O3/c1-33(2)17-6-9-25(35)34-18-15-20(19-34)30-28-26-24(14-16-29-27(26)31-32-28)37-23-12-10-22(11-13-23)36-21-7-4-3-5-8-21/h3-14,16,20H,15,17-19H2,1-2H3,(H2,29,30,31,32)/b9-6+/t20-/m1/s1. The molecular weight excluding hydrogens is 468 g/mol. The van der Waals surface area contributed by atoms with Gasteiger partial charge < -0.3 is 24.6 Å². The van der Waals surface area contributed by atoms with Crippen LogP contribution < -0.4 is 14.8 Å². The molecule has 0 spiro atoms. The van der Waals surface area contributed by atoms with E-state index >= 15 is 0 Å². The van der Waals surface area contributed by atoms with Gasteiger partial charge in [0.15, 0.2) is 11.5 Å². The molecule has 5 rings (SSSR count). The number of nitrogens with one attached hydrogen (secondary N) is 2. The molecule has 0 aliphatic carbocycles. The van der Waals surface area contributed by atoms with E-state index in [9.17, 15) is 4.79 Å². The Morgan fingerprint density at radius 3 is 2.57 bits per heavy atom. The van der Waals surface area contributed by atoms with Crippen molar-refractivity contribution < 1.29 is 14.3 Å². The summed E-state index contributed by atoms with van der Waals surface area (Å²) < 4.78 is 12.1. The lowest BCUT2D eigenvalue weighted by molar-refractivity contribution is -0.125. The van der Waals surface area contributed by atoms with Crippen molar-refractivity contribution >= 4 is 22.8 Å². The second-order valence-corrected chi connectivity index (χ2v) is 9.17. The van der Waals surface area contributed by atoms with Gasteiger partial charge in [-0.15, -0.1) is 0 Å². The molecule has 3 heterocycles. The summed E-state index contributed by atoms with van der Waals surface area (Å²) in [6.07, 6.45) is 6.06. The zero-order valence-corrected chi connectivity index (χ0v) is 20.9. The van der Waals surface area contributed by atoms with Gasteiger partial charge in [-0.3, -0.25) is 9.89 Å². The maximum absolute atomic E-state index is 12.5. The van der Waals surface area contributed by atoms with Gasteiger partial charge in [-0.05, 0) is 56.9 Å². The van der Waals surface area contributed by atoms with Gasteiger partial charge >= 0.3 is 0 Å². The number of benzene rings is 2. The molecule has 1 saturated heterocycles. The van der Waals surface area contributed by atoms with E-state index in [-0.39, 0.29) is 11.9 Å². The fourth-order valence-electron chi connectivity index (χ4n) is 4.18. The summed E-state index contributed by atoms with van der Waals surface area (Å²) in [6, 6.07) is 19.0. The summed E-state index contributed by atoms with van der Waals surface area (Å²) >= 11 is 0. The number of amides is 1. The zero-order chi connectivity index (χ0) is 25.6. The molecule has 37 heavy (non-hydrogen) atoms. The van der Waals surface area contributed by atoms with Crippen molar-refractivity contribution in [2.75, 3.05) is 39.0 Å². The van der Waals surface area contributed by atoms with Crippen molar-refractivity contribution in [2.45, 2.75) is 12.5 Å². The van der Waals surface area contributed by atoms with Crippen LogP contribution in [0.25, 0.3) is 11.0 Å². The number of anilines is 1. The number of carbonyl (C=O) groups is 1. The highest BCUT2D eigenvalue weighted by Crippen LogP contribution is 2.34. The molecule has 1 fully saturated rings. The SMILES string of the molecule is CN(C)C/C=C/C(=O)N1CC[C@@H](Nc2n[nH]c3nccc(Oc4ccc(Oc5ccccc5)cc4)c23)C1. The highest BCUT2D eigenvalue weighted by Gasteiger charge is 2.26. The van der Waals surface area contributed by atoms with Crippen LogP contribution in [-0.4, -0.2) is 70.7 Å². The van der Waals surface area contributed by atoms with Crippen LogP contribution in [0.5, 0.6) is 23.0 Å². The van der Waals surface area contributed by atoms with Crippen molar-refractivity contribution in [3.63, 3.8) is 0 Å². The number of pyridine rings is 1. The number of likely N-dealkylation sites (N-methyl/N-ethyl adjacent to an activating group) is 1. The quantitative estimate of drug-likeness (QED) is 0.324. The van der Waals surface area contributed by atoms with Gasteiger partial charge in [0, 0.05) is 44.0 Å². The molecule has 0 saturated carbocycles. The molecule has 1 amide bonds. The molecule has 4 aromatic rings. The maximum atomic E-state index is 12.5. The van der Waals surface area contributed by atoms with E-state index in [0.29, 0.717) is 36.1 Å². The Morgan fingerprint density at radius 2 is 1.81 bits per heavy atom. The number of ether oxygens (including phenoxy) is 2. The maximum Gasteiger partial charge on any atom is 0.246 e. The van der Waals surface area contributed by atoms with Crippen LogP contribution in [0, 0.1) is 0 Å². The van der Waals surface area contributed by atoms with Gasteiger partial charge in [0.2, 0.25) is 5.91 Å². The number of rotatable bonds is 9. The molecular formula is C28H30N6O3. The number of H-pyrrole nitrogens is 1. The summed E-state index contributed by atoms with van der Waals surface area (Å²) in [5, 5.41) is 11.7. The summed E-state index contributed by atoms with van der Waals surface area (Å²) in [7, 11) is 3.95. The first-order chi connectivity index (χ1) is 18.0. The molecule has 2 aromatic carbocycles. The number of aromatic nitrogens is 3. The molecule has 2 aromatic heterocycles. The molecule has 1 aliphatic heterocycles. The summed E-state index contributed by atoms with van der Waals surface area (Å²) in [5.74, 6) is 3.49. The summed E-state index contributed by atoms with van der Waals surface area (Å²) in [6.45, 7) is 2.04. The molecule has 0 radical (unpaired) electrons. The van der Waals surface area contributed by atoms with E-state index in [2.05, 4.69) is 20.5 Å². The van der Waals surface area contributed by atoms with Crippen molar-refractivity contribution in [3.8, 4) is 23.0 Å². The van der Waals surface area contributed by atoms with Gasteiger partial charge in [-0.1, -0.05) is 24.3 Å². The lowest BCUT2D eigenvalue weighted by atomic mass is 10.2. The Labute approximate surface area is 215 Å². The number of likely N-dealkylation sites (tertiary alicyclic amines) is 1. The van der Waals surface area contributed by atoms with Gasteiger partial charge in [-0.2, -0.15) is 5.10 Å². The fraction of sp³-hybridized carbons (Fsp3) is 0.250. The first-order valence-electron chi connectivity index (χ1n) is 12.3. The van der Waals surface area contributed by atoms with Crippen LogP contribution in [-0.2, 0) is 4.79 Å². The Balaban J connectivity index is 1.25. The Hall–Kier alpha value is -4.37. The average molecular weight is 499 g/mol. The Kier molecular flexibility index (Phi) is 7.32. The second-order valence-electron chi connectivity index (χ2n) is 9.17. The molecule has 0 unspecified atom stereocenters. The van der Waals surface area contributed by atoms with Crippen molar-refractivity contribution in [2.24, 2.45) is 0 Å². The van der Waals surface area contributed by atoms with E-state index in [1.165, 1.54) is 0 Å². The third kappa shape index (κ3) is 6.07. The van der Waals surface area contributed by atoms with E-state index < -0.39 is 0 Å². The van der Waals surface area contributed by atoms with Crippen molar-refractivity contribution in [1.29, 1.82) is 0 Å². The third-order valence-corrected chi connectivity index (χ3v) is 6.03. The topological polar surface area (TPSA) is 95.6 Å². The highest BCUT2D eigenvalue weighted by atomic mass is 16.5. The lowest BCUT2D eigenvalue weighted by Crippen LogP contribution is -2.30. The molecule has 9 heteroatoms. The normalized spacial score (nSPS) is 15.5. The summed E-state index contributed by atoms with van der Waals surface area (Å²) in [5.41, 5.74) is 0.626. The van der Waals surface area contributed by atoms with Crippen molar-refractivity contribution in [3.05, 3.63) is 79.0 Å². The van der Waals surface area contributed by atoms with Crippen LogP contribution in [0.15, 0.2) is 79.0 Å². The molecule has 0 bridgehead atoms. The number of aromatic amines is 1. The van der Waals surface area contributed by atoms with Gasteiger partial charge in [0.05, 0.1) is 0 Å². The minimum atomic E-state index is 0.0309. The average Bonchev–Trinajstić information content (AvgIpc) is 3.54. The molecule has 1 atom stereocenters. The first kappa shape index (κ1) is 24.3. The molecule has 9 nitrogen and oxygen atoms in total. The predicted octanol–water partition coefficient (Wildman–Crippen LogP) is 4.67. The number of nitrogens with zero attached hydrogens (tertiary/aromatic N) is 4. The zero-order valence-electron chi connectivity index (χ0n) is 20.9. The minimum Gasteiger partial charge on any atom is -0.457 e. The number of hydrogen-bond donors (Lipinski definition) is 2. The number of para-hydroxylation sites is 1. The lowest BCUT2D eigenvalue weighted by Gasteiger charge is -2.16. The number of fused-ring (bicyclic) bond motifs is 1. The number of hydrogen-bond acceptors (Lipinski definition) is 7. The molecule has 1 aliphatic rings. The molecule has 2 N–H and O–H groups in total. The monoisotopic (exact) mass is 498 g/mol. The smallest absolute Gasteiger partial charge is 0.246 e. The minimum absolute atomic E-state index is 0.0309. The Bertz CT molecular complexity index is 1370. The summed E-state index contributed by atoms with van der Waals surface area (Å²) in [4.78, 5) is 20.8. The van der Waals surface area contributed by atoms with Gasteiger partial charge in [0.1, 0.15) is 28.4 Å². The van der Waals surface area contributed by atoms with E-state index in [4.69, 9.17) is 9.47 Å². The van der Waals surface area contributed by atoms with E-state index in [1.807, 2.05) is 90.6 Å². The van der Waals surface area contributed by atoms with E-state index in [1.54, 1.807) is 12.3 Å². The van der Waals surface area contributed by atoms with Crippen LogP contribution in [0.4, 0.5) is 5.82 Å². The third-order valence-electron chi connectivity index (χ3n) is 6.03. The second kappa shape index (κ2) is 11.1.